The van der Waals surface area contributed by atoms with Crippen LogP contribution in [0.5, 0.6) is 5.75 Å². The largest absolute Gasteiger partial charge is 0.487 e. The first-order valence-corrected chi connectivity index (χ1v) is 10.8. The molecule has 162 valence electrons. The lowest BCUT2D eigenvalue weighted by Gasteiger charge is -2.10. The fourth-order valence-electron chi connectivity index (χ4n) is 3.24. The fraction of sp³-hybridized carbons (Fsp3) is 0.120. The Hall–Kier alpha value is -3.28. The summed E-state index contributed by atoms with van der Waals surface area (Å²) in [6, 6.07) is 24.4. The van der Waals surface area contributed by atoms with Crippen LogP contribution in [0.1, 0.15) is 27.2 Å². The van der Waals surface area contributed by atoms with Gasteiger partial charge in [0, 0.05) is 17.3 Å². The van der Waals surface area contributed by atoms with Gasteiger partial charge in [0.05, 0.1) is 11.6 Å². The van der Waals surface area contributed by atoms with Gasteiger partial charge in [-0.2, -0.15) is 5.10 Å². The number of amides is 1. The van der Waals surface area contributed by atoms with Crippen molar-refractivity contribution >= 4 is 34.9 Å². The summed E-state index contributed by atoms with van der Waals surface area (Å²) in [7, 11) is 0. The first-order valence-electron chi connectivity index (χ1n) is 10.0. The van der Waals surface area contributed by atoms with Crippen molar-refractivity contribution in [2.24, 2.45) is 0 Å². The number of nitrogens with zero attached hydrogens (tertiary/aromatic N) is 2. The van der Waals surface area contributed by atoms with E-state index in [-0.39, 0.29) is 12.5 Å². The van der Waals surface area contributed by atoms with Crippen molar-refractivity contribution in [2.75, 3.05) is 5.32 Å². The predicted molar refractivity (Wildman–Crippen MR) is 128 cm³/mol. The van der Waals surface area contributed by atoms with Gasteiger partial charge in [-0.25, -0.2) is 0 Å². The number of hydrogen-bond donors (Lipinski definition) is 1. The molecule has 0 saturated carbocycles. The average molecular weight is 466 g/mol. The van der Waals surface area contributed by atoms with Gasteiger partial charge in [0.25, 0.3) is 5.91 Å². The number of rotatable bonds is 7. The standard InChI is InChI=1S/C25H21Cl2N3O2/c1-17-13-23(29-30(17)15-18-7-3-2-4-8-18)28-25(31)20-10-5-9-19(14-20)16-32-22-12-6-11-21(26)24(22)27/h2-14H,15-16H2,1H3,(H,28,29,31). The fourth-order valence-corrected chi connectivity index (χ4v) is 3.58. The zero-order chi connectivity index (χ0) is 22.5. The zero-order valence-corrected chi connectivity index (χ0v) is 18.9. The number of ether oxygens (including phenoxy) is 1. The third-order valence-corrected chi connectivity index (χ3v) is 5.70. The number of anilines is 1. The Morgan fingerprint density at radius 2 is 1.72 bits per heavy atom. The minimum absolute atomic E-state index is 0.239. The quantitative estimate of drug-likeness (QED) is 0.344. The molecule has 0 spiro atoms. The number of carbonyl (C=O) groups is 1. The van der Waals surface area contributed by atoms with Crippen molar-refractivity contribution in [1.29, 1.82) is 0 Å². The topological polar surface area (TPSA) is 56.1 Å². The second kappa shape index (κ2) is 9.90. The molecule has 5 nitrogen and oxygen atoms in total. The van der Waals surface area contributed by atoms with E-state index in [9.17, 15) is 4.79 Å². The molecule has 32 heavy (non-hydrogen) atoms. The number of aromatic nitrogens is 2. The summed E-state index contributed by atoms with van der Waals surface area (Å²) < 4.78 is 7.63. The summed E-state index contributed by atoms with van der Waals surface area (Å²) in [6.45, 7) is 2.86. The molecule has 0 atom stereocenters. The summed E-state index contributed by atoms with van der Waals surface area (Å²) in [5.74, 6) is 0.765. The van der Waals surface area contributed by atoms with E-state index in [0.717, 1.165) is 16.8 Å². The lowest BCUT2D eigenvalue weighted by molar-refractivity contribution is 0.102. The van der Waals surface area contributed by atoms with E-state index in [0.29, 0.717) is 33.7 Å². The van der Waals surface area contributed by atoms with Crippen LogP contribution in [-0.2, 0) is 13.2 Å². The van der Waals surface area contributed by atoms with Gasteiger partial charge in [-0.1, -0.05) is 71.7 Å². The molecule has 0 fully saturated rings. The van der Waals surface area contributed by atoms with Crippen molar-refractivity contribution in [1.82, 2.24) is 9.78 Å². The van der Waals surface area contributed by atoms with Crippen LogP contribution >= 0.6 is 23.2 Å². The molecular formula is C25H21Cl2N3O2. The first-order chi connectivity index (χ1) is 15.5. The van der Waals surface area contributed by atoms with Gasteiger partial charge in [0.2, 0.25) is 0 Å². The Kier molecular flexibility index (Phi) is 6.78. The molecular weight excluding hydrogens is 445 g/mol. The number of carbonyl (C=O) groups excluding carboxylic acids is 1. The van der Waals surface area contributed by atoms with Gasteiger partial charge in [0.15, 0.2) is 5.82 Å². The second-order valence-corrected chi connectivity index (χ2v) is 8.09. The minimum Gasteiger partial charge on any atom is -0.487 e. The molecule has 1 amide bonds. The van der Waals surface area contributed by atoms with E-state index in [4.69, 9.17) is 27.9 Å². The molecule has 0 saturated heterocycles. The van der Waals surface area contributed by atoms with Crippen LogP contribution in [0.3, 0.4) is 0 Å². The van der Waals surface area contributed by atoms with E-state index < -0.39 is 0 Å². The number of hydrogen-bond acceptors (Lipinski definition) is 3. The van der Waals surface area contributed by atoms with Crippen LogP contribution in [0.2, 0.25) is 10.0 Å². The summed E-state index contributed by atoms with van der Waals surface area (Å²) in [5.41, 5.74) is 3.45. The molecule has 7 heteroatoms. The van der Waals surface area contributed by atoms with E-state index in [1.807, 2.05) is 60.1 Å². The van der Waals surface area contributed by atoms with Crippen LogP contribution < -0.4 is 10.1 Å². The molecule has 4 rings (SSSR count). The summed E-state index contributed by atoms with van der Waals surface area (Å²) in [5, 5.41) is 8.19. The highest BCUT2D eigenvalue weighted by molar-refractivity contribution is 6.42. The number of halogens is 2. The summed E-state index contributed by atoms with van der Waals surface area (Å²) >= 11 is 12.2. The van der Waals surface area contributed by atoms with Crippen molar-refractivity contribution in [2.45, 2.75) is 20.1 Å². The SMILES string of the molecule is Cc1cc(NC(=O)c2cccc(COc3cccc(Cl)c3Cl)c2)nn1Cc1ccccc1. The predicted octanol–water partition coefficient (Wildman–Crippen LogP) is 6.38. The van der Waals surface area contributed by atoms with Crippen LogP contribution in [0.25, 0.3) is 0 Å². The maximum atomic E-state index is 12.8. The second-order valence-electron chi connectivity index (χ2n) is 7.31. The van der Waals surface area contributed by atoms with Crippen LogP contribution in [0.4, 0.5) is 5.82 Å². The molecule has 1 heterocycles. The summed E-state index contributed by atoms with van der Waals surface area (Å²) in [4.78, 5) is 12.8. The zero-order valence-electron chi connectivity index (χ0n) is 17.4. The third kappa shape index (κ3) is 5.31. The monoisotopic (exact) mass is 465 g/mol. The van der Waals surface area contributed by atoms with Crippen LogP contribution in [0.15, 0.2) is 78.9 Å². The van der Waals surface area contributed by atoms with Gasteiger partial charge in [0.1, 0.15) is 17.4 Å². The first kappa shape index (κ1) is 21.9. The number of nitrogens with one attached hydrogen (secondary N) is 1. The maximum Gasteiger partial charge on any atom is 0.256 e. The average Bonchev–Trinajstić information content (AvgIpc) is 3.14. The van der Waals surface area contributed by atoms with Crippen molar-refractivity contribution in [3.63, 3.8) is 0 Å². The van der Waals surface area contributed by atoms with E-state index in [2.05, 4.69) is 10.4 Å². The number of benzene rings is 3. The minimum atomic E-state index is -0.239. The van der Waals surface area contributed by atoms with E-state index >= 15 is 0 Å². The van der Waals surface area contributed by atoms with Gasteiger partial charge >= 0.3 is 0 Å². The highest BCUT2D eigenvalue weighted by Crippen LogP contribution is 2.32. The highest BCUT2D eigenvalue weighted by Gasteiger charge is 2.12. The molecule has 0 aliphatic heterocycles. The molecule has 4 aromatic rings. The van der Waals surface area contributed by atoms with Crippen molar-refractivity contribution in [3.05, 3.63) is 111 Å². The lowest BCUT2D eigenvalue weighted by atomic mass is 10.1. The Balaban J connectivity index is 1.42. The Labute approximate surface area is 196 Å². The maximum absolute atomic E-state index is 12.8. The van der Waals surface area contributed by atoms with E-state index in [1.165, 1.54) is 0 Å². The van der Waals surface area contributed by atoms with Crippen molar-refractivity contribution in [3.8, 4) is 5.75 Å². The molecule has 0 unspecified atom stereocenters. The van der Waals surface area contributed by atoms with Gasteiger partial charge < -0.3 is 10.1 Å². The Morgan fingerprint density at radius 3 is 2.53 bits per heavy atom. The number of aryl methyl sites for hydroxylation is 1. The third-order valence-electron chi connectivity index (χ3n) is 4.90. The molecule has 0 aliphatic rings. The van der Waals surface area contributed by atoms with Gasteiger partial charge in [-0.05, 0) is 42.3 Å². The van der Waals surface area contributed by atoms with Crippen LogP contribution in [0, 0.1) is 6.92 Å². The van der Waals surface area contributed by atoms with E-state index in [1.54, 1.807) is 30.3 Å². The highest BCUT2D eigenvalue weighted by atomic mass is 35.5. The van der Waals surface area contributed by atoms with Gasteiger partial charge in [-0.3, -0.25) is 9.48 Å². The molecule has 0 radical (unpaired) electrons. The molecule has 0 bridgehead atoms. The molecule has 0 aliphatic carbocycles. The smallest absolute Gasteiger partial charge is 0.256 e. The Morgan fingerprint density at radius 1 is 0.969 bits per heavy atom. The molecule has 3 aromatic carbocycles. The molecule has 1 N–H and O–H groups in total. The summed E-state index contributed by atoms with van der Waals surface area (Å²) in [6.07, 6.45) is 0. The normalized spacial score (nSPS) is 10.7. The Bertz CT molecular complexity index is 1240. The van der Waals surface area contributed by atoms with Crippen LogP contribution in [-0.4, -0.2) is 15.7 Å². The molecule has 1 aromatic heterocycles. The lowest BCUT2D eigenvalue weighted by Crippen LogP contribution is -2.13. The van der Waals surface area contributed by atoms with Crippen molar-refractivity contribution < 1.29 is 9.53 Å². The van der Waals surface area contributed by atoms with Gasteiger partial charge in [-0.15, -0.1) is 0 Å².